The minimum Gasteiger partial charge on any atom is -0.494 e. The first kappa shape index (κ1) is 14.7. The van der Waals surface area contributed by atoms with Gasteiger partial charge in [-0.15, -0.1) is 0 Å². The molecule has 0 bridgehead atoms. The summed E-state index contributed by atoms with van der Waals surface area (Å²) in [5.41, 5.74) is 7.33. The molecule has 0 unspecified atom stereocenters. The highest BCUT2D eigenvalue weighted by Gasteiger charge is 2.22. The number of nitrogen functional groups attached to an aromatic ring is 1. The van der Waals surface area contributed by atoms with Gasteiger partial charge in [-0.2, -0.15) is 0 Å². The molecule has 0 aliphatic carbocycles. The summed E-state index contributed by atoms with van der Waals surface area (Å²) in [4.78, 5) is 17.0. The number of hydrogen-bond acceptors (Lipinski definition) is 4. The third-order valence-electron chi connectivity index (χ3n) is 3.23. The second kappa shape index (κ2) is 5.51. The number of fused-ring (bicyclic) bond motifs is 1. The molecule has 0 atom stereocenters. The zero-order valence-electron chi connectivity index (χ0n) is 11.5. The summed E-state index contributed by atoms with van der Waals surface area (Å²) in [7, 11) is 1.43. The average Bonchev–Trinajstić information content (AvgIpc) is 2.81. The maximum Gasteiger partial charge on any atom is 0.269 e. The second-order valence-corrected chi connectivity index (χ2v) is 5.41. The number of hydrogen-bond donors (Lipinski definition) is 1. The topological polar surface area (TPSA) is 70.1 Å². The molecule has 112 valence electrons. The molecule has 0 saturated carbocycles. The number of aromatic nitrogens is 2. The predicted octanol–water partition coefficient (Wildman–Crippen LogP) is 3.62. The van der Waals surface area contributed by atoms with Gasteiger partial charge in [0.05, 0.1) is 28.7 Å². The van der Waals surface area contributed by atoms with Crippen LogP contribution in [0.5, 0.6) is 5.75 Å². The van der Waals surface area contributed by atoms with Gasteiger partial charge in [0.1, 0.15) is 5.75 Å². The number of rotatable bonds is 2. The molecule has 0 amide bonds. The van der Waals surface area contributed by atoms with E-state index in [1.807, 2.05) is 6.07 Å². The van der Waals surface area contributed by atoms with Gasteiger partial charge >= 0.3 is 0 Å². The summed E-state index contributed by atoms with van der Waals surface area (Å²) in [6.07, 6.45) is 0. The van der Waals surface area contributed by atoms with Gasteiger partial charge < -0.3 is 10.5 Å². The van der Waals surface area contributed by atoms with E-state index < -0.39 is 5.91 Å². The van der Waals surface area contributed by atoms with Crippen molar-refractivity contribution < 1.29 is 9.53 Å². The number of anilines is 1. The first-order valence-corrected chi connectivity index (χ1v) is 7.09. The van der Waals surface area contributed by atoms with Gasteiger partial charge in [-0.05, 0) is 24.3 Å². The number of imidazole rings is 1. The molecule has 7 heteroatoms. The fraction of sp³-hybridized carbons (Fsp3) is 0.0667. The summed E-state index contributed by atoms with van der Waals surface area (Å²) in [6.45, 7) is 0. The van der Waals surface area contributed by atoms with E-state index in [-0.39, 0.29) is 22.3 Å². The van der Waals surface area contributed by atoms with E-state index in [4.69, 9.17) is 33.7 Å². The molecule has 0 fully saturated rings. The van der Waals surface area contributed by atoms with Crippen LogP contribution in [-0.4, -0.2) is 22.6 Å². The SMILES string of the molecule is COc1c(Cl)cc(Cl)cc1C(=O)n1c(N)nc2ccccc21. The van der Waals surface area contributed by atoms with Crippen molar-refractivity contribution >= 4 is 46.1 Å². The molecule has 2 aromatic carbocycles. The fourth-order valence-electron chi connectivity index (χ4n) is 2.31. The van der Waals surface area contributed by atoms with Crippen LogP contribution >= 0.6 is 23.2 Å². The Morgan fingerprint density at radius 1 is 1.27 bits per heavy atom. The van der Waals surface area contributed by atoms with Gasteiger partial charge in [0.25, 0.3) is 5.91 Å². The predicted molar refractivity (Wildman–Crippen MR) is 86.9 cm³/mol. The van der Waals surface area contributed by atoms with Crippen molar-refractivity contribution in [3.05, 3.63) is 52.0 Å². The van der Waals surface area contributed by atoms with Gasteiger partial charge in [-0.3, -0.25) is 4.79 Å². The molecule has 0 spiro atoms. The largest absolute Gasteiger partial charge is 0.494 e. The highest BCUT2D eigenvalue weighted by atomic mass is 35.5. The third kappa shape index (κ3) is 2.28. The first-order chi connectivity index (χ1) is 10.5. The summed E-state index contributed by atoms with van der Waals surface area (Å²) in [5, 5.41) is 0.582. The Morgan fingerprint density at radius 3 is 2.73 bits per heavy atom. The molecule has 2 N–H and O–H groups in total. The third-order valence-corrected chi connectivity index (χ3v) is 3.73. The Hall–Kier alpha value is -2.24. The molecule has 5 nitrogen and oxygen atoms in total. The Kier molecular flexibility index (Phi) is 3.68. The first-order valence-electron chi connectivity index (χ1n) is 6.33. The number of para-hydroxylation sites is 2. The summed E-state index contributed by atoms with van der Waals surface area (Å²) in [6, 6.07) is 10.2. The van der Waals surface area contributed by atoms with E-state index in [0.717, 1.165) is 0 Å². The molecule has 1 heterocycles. The van der Waals surface area contributed by atoms with Gasteiger partial charge in [0.15, 0.2) is 0 Å². The van der Waals surface area contributed by atoms with Crippen LogP contribution in [0.4, 0.5) is 5.95 Å². The van der Waals surface area contributed by atoms with Crippen molar-refractivity contribution in [3.63, 3.8) is 0 Å². The van der Waals surface area contributed by atoms with Crippen molar-refractivity contribution in [2.24, 2.45) is 0 Å². The minimum absolute atomic E-state index is 0.0874. The van der Waals surface area contributed by atoms with Gasteiger partial charge in [-0.1, -0.05) is 35.3 Å². The Bertz CT molecular complexity index is 890. The van der Waals surface area contributed by atoms with Crippen LogP contribution in [0.15, 0.2) is 36.4 Å². The number of ether oxygens (including phenoxy) is 1. The van der Waals surface area contributed by atoms with Crippen LogP contribution < -0.4 is 10.5 Å². The van der Waals surface area contributed by atoms with Gasteiger partial charge in [-0.25, -0.2) is 9.55 Å². The molecule has 3 aromatic rings. The zero-order valence-corrected chi connectivity index (χ0v) is 13.0. The smallest absolute Gasteiger partial charge is 0.269 e. The Balaban J connectivity index is 2.25. The molecule has 0 aliphatic heterocycles. The molecule has 3 rings (SSSR count). The van der Waals surface area contributed by atoms with E-state index in [9.17, 15) is 4.79 Å². The van der Waals surface area contributed by atoms with Crippen LogP contribution in [0.3, 0.4) is 0 Å². The fourth-order valence-corrected chi connectivity index (χ4v) is 2.88. The van der Waals surface area contributed by atoms with Crippen LogP contribution in [0.25, 0.3) is 11.0 Å². The van der Waals surface area contributed by atoms with E-state index in [1.165, 1.54) is 23.8 Å². The van der Waals surface area contributed by atoms with Crippen LogP contribution in [0.2, 0.25) is 10.0 Å². The molecular weight excluding hydrogens is 325 g/mol. The van der Waals surface area contributed by atoms with Gasteiger partial charge in [0.2, 0.25) is 5.95 Å². The van der Waals surface area contributed by atoms with Crippen molar-refractivity contribution in [2.45, 2.75) is 0 Å². The van der Waals surface area contributed by atoms with E-state index in [2.05, 4.69) is 4.98 Å². The molecule has 0 saturated heterocycles. The highest BCUT2D eigenvalue weighted by Crippen LogP contribution is 2.33. The summed E-state index contributed by atoms with van der Waals surface area (Å²) >= 11 is 12.1. The highest BCUT2D eigenvalue weighted by molar-refractivity contribution is 6.36. The van der Waals surface area contributed by atoms with Crippen molar-refractivity contribution in [1.29, 1.82) is 0 Å². The number of nitrogens with two attached hydrogens (primary N) is 1. The number of methoxy groups -OCH3 is 1. The number of carbonyl (C=O) groups is 1. The second-order valence-electron chi connectivity index (χ2n) is 4.57. The lowest BCUT2D eigenvalue weighted by Crippen LogP contribution is -2.16. The number of nitrogens with zero attached hydrogens (tertiary/aromatic N) is 2. The van der Waals surface area contributed by atoms with Crippen molar-refractivity contribution in [2.75, 3.05) is 12.8 Å². The quantitative estimate of drug-likeness (QED) is 0.776. The molecule has 0 aliphatic rings. The van der Waals surface area contributed by atoms with Crippen LogP contribution in [-0.2, 0) is 0 Å². The zero-order chi connectivity index (χ0) is 15.9. The van der Waals surface area contributed by atoms with Gasteiger partial charge in [0, 0.05) is 5.02 Å². The summed E-state index contributed by atoms with van der Waals surface area (Å²) in [5.74, 6) is -0.0787. The number of halogens is 2. The maximum atomic E-state index is 12.9. The normalized spacial score (nSPS) is 10.9. The van der Waals surface area contributed by atoms with Crippen LogP contribution in [0, 0.1) is 0 Å². The minimum atomic E-state index is -0.410. The van der Waals surface area contributed by atoms with Crippen LogP contribution in [0.1, 0.15) is 10.4 Å². The monoisotopic (exact) mass is 335 g/mol. The van der Waals surface area contributed by atoms with Crippen molar-refractivity contribution in [1.82, 2.24) is 9.55 Å². The summed E-state index contributed by atoms with van der Waals surface area (Å²) < 4.78 is 6.52. The molecular formula is C15H11Cl2N3O2. The lowest BCUT2D eigenvalue weighted by atomic mass is 10.1. The lowest BCUT2D eigenvalue weighted by Gasteiger charge is -2.11. The number of carbonyl (C=O) groups excluding carboxylic acids is 1. The van der Waals surface area contributed by atoms with E-state index >= 15 is 0 Å². The Labute approximate surface area is 136 Å². The molecule has 0 radical (unpaired) electrons. The lowest BCUT2D eigenvalue weighted by molar-refractivity contribution is 0.0964. The maximum absolute atomic E-state index is 12.9. The standard InChI is InChI=1S/C15H11Cl2N3O2/c1-22-13-9(6-8(16)7-10(13)17)14(21)20-12-5-3-2-4-11(12)19-15(20)18/h2-7H,1H3,(H2,18,19). The average molecular weight is 336 g/mol. The molecule has 22 heavy (non-hydrogen) atoms. The van der Waals surface area contributed by atoms with E-state index in [1.54, 1.807) is 18.2 Å². The molecule has 1 aromatic heterocycles. The van der Waals surface area contributed by atoms with E-state index in [0.29, 0.717) is 16.1 Å². The number of benzene rings is 2. The Morgan fingerprint density at radius 2 is 2.00 bits per heavy atom. The van der Waals surface area contributed by atoms with Crippen molar-refractivity contribution in [3.8, 4) is 5.75 Å².